The average molecular weight is 399 g/mol. The Morgan fingerprint density at radius 2 is 1.88 bits per heavy atom. The molecule has 0 heterocycles. The number of halogens is 1. The van der Waals surface area contributed by atoms with Crippen LogP contribution >= 0.6 is 12.4 Å². The van der Waals surface area contributed by atoms with Gasteiger partial charge in [0, 0.05) is 17.8 Å². The molecule has 0 aliphatic heterocycles. The monoisotopic (exact) mass is 398 g/mol. The zero-order valence-electron chi connectivity index (χ0n) is 14.7. The number of methoxy groups -OCH3 is 2. The van der Waals surface area contributed by atoms with E-state index >= 15 is 0 Å². The van der Waals surface area contributed by atoms with Crippen LogP contribution in [0.1, 0.15) is 30.0 Å². The van der Waals surface area contributed by atoms with Crippen LogP contribution < -0.4 is 19.9 Å². The number of fused-ring (bicyclic) bond motifs is 1. The Hall–Kier alpha value is -1.96. The van der Waals surface area contributed by atoms with Crippen molar-refractivity contribution < 1.29 is 17.9 Å². The van der Waals surface area contributed by atoms with Crippen LogP contribution in [0.4, 0.5) is 5.69 Å². The Labute approximate surface area is 160 Å². The normalized spacial score (nSPS) is 16.3. The van der Waals surface area contributed by atoms with Crippen LogP contribution in [0.5, 0.6) is 11.5 Å². The van der Waals surface area contributed by atoms with Gasteiger partial charge in [0.15, 0.2) is 0 Å². The maximum absolute atomic E-state index is 13.0. The van der Waals surface area contributed by atoms with Crippen molar-refractivity contribution in [1.29, 1.82) is 0 Å². The van der Waals surface area contributed by atoms with Crippen LogP contribution in [0.3, 0.4) is 0 Å². The van der Waals surface area contributed by atoms with Gasteiger partial charge in [0.05, 0.1) is 14.2 Å². The Bertz CT molecular complexity index is 887. The van der Waals surface area contributed by atoms with Crippen LogP contribution in [0, 0.1) is 0 Å². The van der Waals surface area contributed by atoms with Crippen molar-refractivity contribution in [1.82, 2.24) is 4.72 Å². The molecule has 2 aromatic carbocycles. The summed E-state index contributed by atoms with van der Waals surface area (Å²) < 4.78 is 39.1. The van der Waals surface area contributed by atoms with E-state index in [4.69, 9.17) is 15.2 Å². The molecule has 0 saturated carbocycles. The highest BCUT2D eigenvalue weighted by atomic mass is 35.5. The van der Waals surface area contributed by atoms with Gasteiger partial charge in [-0.25, -0.2) is 13.1 Å². The smallest absolute Gasteiger partial charge is 0.244 e. The first kappa shape index (κ1) is 20.4. The van der Waals surface area contributed by atoms with Crippen LogP contribution in [0.2, 0.25) is 0 Å². The lowest BCUT2D eigenvalue weighted by molar-refractivity contribution is 0.391. The highest BCUT2D eigenvalue weighted by Crippen LogP contribution is 2.34. The van der Waals surface area contributed by atoms with Gasteiger partial charge < -0.3 is 15.2 Å². The summed E-state index contributed by atoms with van der Waals surface area (Å²) in [5, 5.41) is 0. The number of anilines is 1. The van der Waals surface area contributed by atoms with Gasteiger partial charge >= 0.3 is 0 Å². The number of hydrogen-bond donors (Lipinski definition) is 2. The topological polar surface area (TPSA) is 90.6 Å². The lowest BCUT2D eigenvalue weighted by Gasteiger charge is -2.27. The SMILES string of the molecule is COc1ccc(OC)c(S(=O)(=O)NC2CCCc3cc(N)ccc32)c1.Cl. The quantitative estimate of drug-likeness (QED) is 0.755. The van der Waals surface area contributed by atoms with Crippen LogP contribution in [-0.2, 0) is 16.4 Å². The molecule has 8 heteroatoms. The number of nitrogens with two attached hydrogens (primary N) is 1. The minimum Gasteiger partial charge on any atom is -0.497 e. The highest BCUT2D eigenvalue weighted by molar-refractivity contribution is 7.89. The second-order valence-electron chi connectivity index (χ2n) is 6.04. The first-order chi connectivity index (χ1) is 11.9. The fourth-order valence-electron chi connectivity index (χ4n) is 3.20. The van der Waals surface area contributed by atoms with Gasteiger partial charge in [0.2, 0.25) is 10.0 Å². The van der Waals surface area contributed by atoms with Crippen LogP contribution in [0.25, 0.3) is 0 Å². The van der Waals surface area contributed by atoms with Crippen molar-refractivity contribution in [2.45, 2.75) is 30.2 Å². The number of sulfonamides is 1. The first-order valence-electron chi connectivity index (χ1n) is 8.07. The average Bonchev–Trinajstić information content (AvgIpc) is 2.60. The predicted octanol–water partition coefficient (Wildman–Crippen LogP) is 3.06. The second kappa shape index (κ2) is 8.16. The van der Waals surface area contributed by atoms with Crippen molar-refractivity contribution in [2.24, 2.45) is 0 Å². The van der Waals surface area contributed by atoms with Gasteiger partial charge in [-0.1, -0.05) is 6.07 Å². The molecule has 0 aromatic heterocycles. The van der Waals surface area contributed by atoms with Gasteiger partial charge in [-0.3, -0.25) is 0 Å². The fraction of sp³-hybridized carbons (Fsp3) is 0.333. The van der Waals surface area contributed by atoms with Gasteiger partial charge in [0.1, 0.15) is 16.4 Å². The Balaban J connectivity index is 0.00000243. The van der Waals surface area contributed by atoms with Gasteiger partial charge in [0.25, 0.3) is 0 Å². The highest BCUT2D eigenvalue weighted by Gasteiger charge is 2.28. The predicted molar refractivity (Wildman–Crippen MR) is 104 cm³/mol. The molecule has 6 nitrogen and oxygen atoms in total. The van der Waals surface area contributed by atoms with Gasteiger partial charge in [-0.05, 0) is 54.7 Å². The second-order valence-corrected chi connectivity index (χ2v) is 7.72. The number of rotatable bonds is 5. The van der Waals surface area contributed by atoms with E-state index < -0.39 is 10.0 Å². The third-order valence-corrected chi connectivity index (χ3v) is 5.93. The number of nitrogens with one attached hydrogen (secondary N) is 1. The number of nitrogen functional groups attached to an aromatic ring is 1. The molecule has 0 spiro atoms. The summed E-state index contributed by atoms with van der Waals surface area (Å²) in [6.07, 6.45) is 2.54. The van der Waals surface area contributed by atoms with Crippen molar-refractivity contribution in [3.8, 4) is 11.5 Å². The zero-order chi connectivity index (χ0) is 18.0. The van der Waals surface area contributed by atoms with Crippen LogP contribution in [-0.4, -0.2) is 22.6 Å². The summed E-state index contributed by atoms with van der Waals surface area (Å²) in [5.41, 5.74) is 8.61. The molecular weight excluding hydrogens is 376 g/mol. The number of hydrogen-bond acceptors (Lipinski definition) is 5. The standard InChI is InChI=1S/C18H22N2O4S.ClH/c1-23-14-7-9-17(24-2)18(11-14)25(21,22)20-16-5-3-4-12-10-13(19)6-8-15(12)16;/h6-11,16,20H,3-5,19H2,1-2H3;1H. The molecule has 0 amide bonds. The molecule has 0 saturated heterocycles. The molecule has 0 radical (unpaired) electrons. The molecule has 142 valence electrons. The van der Waals surface area contributed by atoms with Crippen molar-refractivity contribution in [3.05, 3.63) is 47.5 Å². The molecule has 1 atom stereocenters. The van der Waals surface area contributed by atoms with E-state index in [1.807, 2.05) is 12.1 Å². The van der Waals surface area contributed by atoms with E-state index in [1.165, 1.54) is 20.3 Å². The summed E-state index contributed by atoms with van der Waals surface area (Å²) in [7, 11) is -0.837. The first-order valence-corrected chi connectivity index (χ1v) is 9.55. The molecule has 0 bridgehead atoms. The van der Waals surface area contributed by atoms with E-state index in [-0.39, 0.29) is 29.1 Å². The molecular formula is C18H23ClN2O4S. The summed E-state index contributed by atoms with van der Waals surface area (Å²) in [6, 6.07) is 10.1. The number of benzene rings is 2. The number of aryl methyl sites for hydroxylation is 1. The van der Waals surface area contributed by atoms with E-state index in [2.05, 4.69) is 4.72 Å². The largest absolute Gasteiger partial charge is 0.497 e. The Morgan fingerprint density at radius 1 is 1.12 bits per heavy atom. The molecule has 26 heavy (non-hydrogen) atoms. The summed E-state index contributed by atoms with van der Waals surface area (Å²) >= 11 is 0. The molecule has 3 N–H and O–H groups in total. The van der Waals surface area contributed by atoms with E-state index in [0.717, 1.165) is 30.4 Å². The van der Waals surface area contributed by atoms with Crippen molar-refractivity contribution in [2.75, 3.05) is 20.0 Å². The van der Waals surface area contributed by atoms with E-state index in [9.17, 15) is 8.42 Å². The molecule has 1 aliphatic carbocycles. The lowest BCUT2D eigenvalue weighted by Crippen LogP contribution is -2.31. The molecule has 1 aliphatic rings. The van der Waals surface area contributed by atoms with Crippen molar-refractivity contribution >= 4 is 28.1 Å². The molecule has 3 rings (SSSR count). The Morgan fingerprint density at radius 3 is 2.58 bits per heavy atom. The fourth-order valence-corrected chi connectivity index (χ4v) is 4.64. The number of ether oxygens (including phenoxy) is 2. The maximum atomic E-state index is 13.0. The molecule has 2 aromatic rings. The van der Waals surface area contributed by atoms with Crippen LogP contribution in [0.15, 0.2) is 41.3 Å². The lowest BCUT2D eigenvalue weighted by atomic mass is 9.88. The molecule has 1 unspecified atom stereocenters. The third kappa shape index (κ3) is 4.06. The van der Waals surface area contributed by atoms with Crippen molar-refractivity contribution in [3.63, 3.8) is 0 Å². The van der Waals surface area contributed by atoms with E-state index in [1.54, 1.807) is 18.2 Å². The van der Waals surface area contributed by atoms with Gasteiger partial charge in [-0.15, -0.1) is 12.4 Å². The summed E-state index contributed by atoms with van der Waals surface area (Å²) in [5.74, 6) is 0.736. The van der Waals surface area contributed by atoms with Gasteiger partial charge in [-0.2, -0.15) is 0 Å². The zero-order valence-corrected chi connectivity index (χ0v) is 16.3. The Kier molecular flexibility index (Phi) is 6.39. The third-order valence-electron chi connectivity index (χ3n) is 4.44. The summed E-state index contributed by atoms with van der Waals surface area (Å²) in [4.78, 5) is 0.0666. The van der Waals surface area contributed by atoms with E-state index in [0.29, 0.717) is 11.4 Å². The minimum atomic E-state index is -3.77. The molecule has 0 fully saturated rings. The summed E-state index contributed by atoms with van der Waals surface area (Å²) in [6.45, 7) is 0. The minimum absolute atomic E-state index is 0. The maximum Gasteiger partial charge on any atom is 0.244 e.